The largest absolute Gasteiger partial charge is 0.494 e. The molecule has 0 spiro atoms. The van der Waals surface area contributed by atoms with Gasteiger partial charge in [-0.25, -0.2) is 0 Å². The van der Waals surface area contributed by atoms with Gasteiger partial charge in [0.1, 0.15) is 11.5 Å². The van der Waals surface area contributed by atoms with Crippen molar-refractivity contribution in [3.63, 3.8) is 0 Å². The van der Waals surface area contributed by atoms with E-state index < -0.39 is 0 Å². The predicted molar refractivity (Wildman–Crippen MR) is 76.3 cm³/mol. The molecular weight excluding hydrogens is 254 g/mol. The average molecular weight is 269 g/mol. The molecule has 0 unspecified atom stereocenters. The van der Waals surface area contributed by atoms with Crippen molar-refractivity contribution in [2.24, 2.45) is 0 Å². The van der Waals surface area contributed by atoms with Crippen LogP contribution in [0.25, 0.3) is 10.9 Å². The number of hydrogen-bond donors (Lipinski definition) is 0. The van der Waals surface area contributed by atoms with Crippen LogP contribution in [0.3, 0.4) is 0 Å². The fourth-order valence-electron chi connectivity index (χ4n) is 2.28. The smallest absolute Gasteiger partial charge is 0.185 e. The molecule has 3 aromatic rings. The molecule has 2 aromatic heterocycles. The maximum Gasteiger partial charge on any atom is 0.185 e. The highest BCUT2D eigenvalue weighted by Crippen LogP contribution is 2.23. The lowest BCUT2D eigenvalue weighted by Crippen LogP contribution is -1.96. The molecule has 0 radical (unpaired) electrons. The Morgan fingerprint density at radius 1 is 1.25 bits per heavy atom. The van der Waals surface area contributed by atoms with Gasteiger partial charge in [0.25, 0.3) is 0 Å². The van der Waals surface area contributed by atoms with Crippen LogP contribution in [0.4, 0.5) is 0 Å². The van der Waals surface area contributed by atoms with E-state index in [1.165, 1.54) is 0 Å². The average Bonchev–Trinajstić information content (AvgIpc) is 3.07. The molecule has 0 N–H and O–H groups in total. The zero-order valence-electron chi connectivity index (χ0n) is 11.2. The van der Waals surface area contributed by atoms with Crippen LogP contribution in [0, 0.1) is 0 Å². The van der Waals surface area contributed by atoms with Crippen LogP contribution in [0.2, 0.25) is 0 Å². The van der Waals surface area contributed by atoms with Crippen molar-refractivity contribution in [1.29, 1.82) is 0 Å². The minimum absolute atomic E-state index is 0.357. The summed E-state index contributed by atoms with van der Waals surface area (Å²) < 4.78 is 13.0. The number of aromatic nitrogens is 1. The fourth-order valence-corrected chi connectivity index (χ4v) is 2.28. The molecule has 0 aliphatic carbocycles. The van der Waals surface area contributed by atoms with Crippen LogP contribution in [-0.4, -0.2) is 17.5 Å². The maximum atomic E-state index is 10.6. The second-order valence-electron chi connectivity index (χ2n) is 4.52. The molecule has 0 amide bonds. The van der Waals surface area contributed by atoms with E-state index in [4.69, 9.17) is 9.15 Å². The van der Waals surface area contributed by atoms with Crippen molar-refractivity contribution in [1.82, 2.24) is 4.57 Å². The third-order valence-electron chi connectivity index (χ3n) is 3.18. The molecule has 0 aliphatic rings. The summed E-state index contributed by atoms with van der Waals surface area (Å²) in [7, 11) is 0. The van der Waals surface area contributed by atoms with E-state index in [2.05, 4.69) is 4.57 Å². The Hall–Kier alpha value is -2.49. The monoisotopic (exact) mass is 269 g/mol. The molecule has 4 nitrogen and oxygen atoms in total. The Morgan fingerprint density at radius 3 is 2.90 bits per heavy atom. The summed E-state index contributed by atoms with van der Waals surface area (Å²) in [6, 6.07) is 11.6. The fraction of sp³-hybridized carbons (Fsp3) is 0.188. The number of carbonyl (C=O) groups excluding carboxylic acids is 1. The minimum atomic E-state index is 0.357. The molecule has 4 heteroatoms. The van der Waals surface area contributed by atoms with E-state index in [9.17, 15) is 4.79 Å². The van der Waals surface area contributed by atoms with E-state index in [-0.39, 0.29) is 0 Å². The maximum absolute atomic E-state index is 10.6. The van der Waals surface area contributed by atoms with Gasteiger partial charge in [0.15, 0.2) is 12.0 Å². The lowest BCUT2D eigenvalue weighted by molar-refractivity contribution is 0.109. The summed E-state index contributed by atoms with van der Waals surface area (Å²) in [6.45, 7) is 3.23. The summed E-state index contributed by atoms with van der Waals surface area (Å²) in [5.74, 6) is 1.99. The van der Waals surface area contributed by atoms with Crippen LogP contribution in [0.1, 0.15) is 23.2 Å². The number of furan rings is 1. The van der Waals surface area contributed by atoms with Crippen LogP contribution in [-0.2, 0) is 6.54 Å². The van der Waals surface area contributed by atoms with Crippen molar-refractivity contribution in [2.75, 3.05) is 6.61 Å². The lowest BCUT2D eigenvalue weighted by Gasteiger charge is -2.05. The normalized spacial score (nSPS) is 10.8. The number of rotatable bonds is 5. The van der Waals surface area contributed by atoms with Crippen molar-refractivity contribution in [3.05, 3.63) is 54.1 Å². The Balaban J connectivity index is 1.90. The number of aldehydes is 1. The van der Waals surface area contributed by atoms with E-state index >= 15 is 0 Å². The molecule has 20 heavy (non-hydrogen) atoms. The highest BCUT2D eigenvalue weighted by molar-refractivity contribution is 5.81. The van der Waals surface area contributed by atoms with Gasteiger partial charge in [-0.3, -0.25) is 4.79 Å². The van der Waals surface area contributed by atoms with Gasteiger partial charge < -0.3 is 13.7 Å². The molecule has 0 saturated heterocycles. The highest BCUT2D eigenvalue weighted by Gasteiger charge is 2.06. The summed E-state index contributed by atoms with van der Waals surface area (Å²) in [4.78, 5) is 10.6. The van der Waals surface area contributed by atoms with Gasteiger partial charge in [0, 0.05) is 17.1 Å². The van der Waals surface area contributed by atoms with E-state index in [1.807, 2.05) is 43.5 Å². The van der Waals surface area contributed by atoms with Crippen LogP contribution < -0.4 is 4.74 Å². The van der Waals surface area contributed by atoms with Gasteiger partial charge in [-0.05, 0) is 43.3 Å². The van der Waals surface area contributed by atoms with Crippen molar-refractivity contribution in [2.45, 2.75) is 13.5 Å². The predicted octanol–water partition coefficient (Wildman–Crippen LogP) is 3.49. The third-order valence-corrected chi connectivity index (χ3v) is 3.18. The standard InChI is InChI=1S/C16H15NO3/c1-2-19-13-5-6-16-12(9-13)7-8-17(16)10-14-3-4-15(11-18)20-14/h3-9,11H,2,10H2,1H3. The second-order valence-corrected chi connectivity index (χ2v) is 4.52. The summed E-state index contributed by atoms with van der Waals surface area (Å²) in [5.41, 5.74) is 1.11. The van der Waals surface area contributed by atoms with E-state index in [1.54, 1.807) is 6.07 Å². The topological polar surface area (TPSA) is 44.4 Å². The highest BCUT2D eigenvalue weighted by atomic mass is 16.5. The number of hydrogen-bond acceptors (Lipinski definition) is 3. The molecule has 2 heterocycles. The van der Waals surface area contributed by atoms with E-state index in [0.717, 1.165) is 22.4 Å². The Bertz CT molecular complexity index is 739. The third kappa shape index (κ3) is 2.32. The molecular formula is C16H15NO3. The molecule has 0 aliphatic heterocycles. The van der Waals surface area contributed by atoms with Crippen LogP contribution >= 0.6 is 0 Å². The second kappa shape index (κ2) is 5.25. The zero-order chi connectivity index (χ0) is 13.9. The molecule has 3 rings (SSSR count). The number of ether oxygens (including phenoxy) is 1. The van der Waals surface area contributed by atoms with Gasteiger partial charge >= 0.3 is 0 Å². The quantitative estimate of drug-likeness (QED) is 0.666. The van der Waals surface area contributed by atoms with Gasteiger partial charge in [0.05, 0.1) is 13.2 Å². The first-order valence-electron chi connectivity index (χ1n) is 6.55. The summed E-state index contributed by atoms with van der Waals surface area (Å²) in [6.07, 6.45) is 2.72. The van der Waals surface area contributed by atoms with Gasteiger partial charge in [-0.15, -0.1) is 0 Å². The molecule has 0 atom stereocenters. The van der Waals surface area contributed by atoms with Crippen molar-refractivity contribution >= 4 is 17.2 Å². The first-order chi connectivity index (χ1) is 9.80. The molecule has 1 aromatic carbocycles. The van der Waals surface area contributed by atoms with Gasteiger partial charge in [0.2, 0.25) is 0 Å². The molecule has 0 bridgehead atoms. The van der Waals surface area contributed by atoms with Crippen LogP contribution in [0.15, 0.2) is 47.0 Å². The number of fused-ring (bicyclic) bond motifs is 1. The molecule has 0 saturated carbocycles. The van der Waals surface area contributed by atoms with Gasteiger partial charge in [-0.2, -0.15) is 0 Å². The Morgan fingerprint density at radius 2 is 2.15 bits per heavy atom. The zero-order valence-corrected chi connectivity index (χ0v) is 11.2. The first kappa shape index (κ1) is 12.5. The lowest BCUT2D eigenvalue weighted by atomic mass is 10.2. The van der Waals surface area contributed by atoms with Crippen molar-refractivity contribution < 1.29 is 13.9 Å². The minimum Gasteiger partial charge on any atom is -0.494 e. The number of nitrogens with zero attached hydrogens (tertiary/aromatic N) is 1. The Labute approximate surface area is 116 Å². The van der Waals surface area contributed by atoms with Crippen molar-refractivity contribution in [3.8, 4) is 5.75 Å². The van der Waals surface area contributed by atoms with E-state index in [0.29, 0.717) is 25.2 Å². The number of carbonyl (C=O) groups is 1. The first-order valence-corrected chi connectivity index (χ1v) is 6.55. The summed E-state index contributed by atoms with van der Waals surface area (Å²) >= 11 is 0. The SMILES string of the molecule is CCOc1ccc2c(ccn2Cc2ccc(C=O)o2)c1. The molecule has 102 valence electrons. The number of benzene rings is 1. The van der Waals surface area contributed by atoms with Crippen LogP contribution in [0.5, 0.6) is 5.75 Å². The van der Waals surface area contributed by atoms with Gasteiger partial charge in [-0.1, -0.05) is 0 Å². The molecule has 0 fully saturated rings. The summed E-state index contributed by atoms with van der Waals surface area (Å²) in [5, 5.41) is 1.12. The Kier molecular flexibility index (Phi) is 3.29.